The van der Waals surface area contributed by atoms with E-state index in [0.717, 1.165) is 29.9 Å². The number of rotatable bonds is 8. The molecule has 0 aliphatic rings. The van der Waals surface area contributed by atoms with Gasteiger partial charge in [-0.15, -0.1) is 0 Å². The molecule has 7 heteroatoms. The molecule has 0 fully saturated rings. The van der Waals surface area contributed by atoms with Crippen molar-refractivity contribution in [3.05, 3.63) is 82.7 Å². The maximum atomic E-state index is 12.7. The van der Waals surface area contributed by atoms with E-state index in [-0.39, 0.29) is 11.5 Å². The Morgan fingerprint density at radius 1 is 1.03 bits per heavy atom. The quantitative estimate of drug-likeness (QED) is 0.354. The van der Waals surface area contributed by atoms with Gasteiger partial charge in [-0.05, 0) is 86.5 Å². The predicted octanol–water partition coefficient (Wildman–Crippen LogP) is 5.32. The van der Waals surface area contributed by atoms with E-state index in [4.69, 9.17) is 4.74 Å². The predicted molar refractivity (Wildman–Crippen MR) is 134 cm³/mol. The molecule has 0 unspecified atom stereocenters. The SMILES string of the molecule is CCCn1c(C)cc(/C=C(\C#N)C(=O)Nc2ccc(C(=O)Nc3ccc(OC)cc3)cc2)c1C. The second-order valence-electron chi connectivity index (χ2n) is 7.86. The number of benzene rings is 2. The number of hydrogen-bond donors (Lipinski definition) is 2. The maximum Gasteiger partial charge on any atom is 0.266 e. The lowest BCUT2D eigenvalue weighted by atomic mass is 10.1. The topological polar surface area (TPSA) is 96.2 Å². The van der Waals surface area contributed by atoms with Gasteiger partial charge < -0.3 is 19.9 Å². The Kier molecular flexibility index (Phi) is 7.88. The van der Waals surface area contributed by atoms with Gasteiger partial charge in [0, 0.05) is 34.9 Å². The number of hydrogen-bond acceptors (Lipinski definition) is 4. The Morgan fingerprint density at radius 3 is 2.24 bits per heavy atom. The van der Waals surface area contributed by atoms with Crippen LogP contribution in [0, 0.1) is 25.2 Å². The van der Waals surface area contributed by atoms with Crippen molar-refractivity contribution in [2.75, 3.05) is 17.7 Å². The van der Waals surface area contributed by atoms with E-state index in [1.807, 2.05) is 26.0 Å². The van der Waals surface area contributed by atoms with Crippen LogP contribution < -0.4 is 15.4 Å². The van der Waals surface area contributed by atoms with Gasteiger partial charge in [-0.2, -0.15) is 5.26 Å². The molecule has 34 heavy (non-hydrogen) atoms. The molecule has 0 aliphatic heterocycles. The summed E-state index contributed by atoms with van der Waals surface area (Å²) in [6.07, 6.45) is 2.61. The first-order valence-electron chi connectivity index (χ1n) is 11.0. The molecule has 3 rings (SSSR count). The number of amides is 2. The lowest BCUT2D eigenvalue weighted by Gasteiger charge is -2.08. The summed E-state index contributed by atoms with van der Waals surface area (Å²) in [7, 11) is 1.58. The minimum absolute atomic E-state index is 0.0121. The van der Waals surface area contributed by atoms with Crippen molar-refractivity contribution >= 4 is 29.3 Å². The highest BCUT2D eigenvalue weighted by Gasteiger charge is 2.14. The number of nitriles is 1. The molecule has 0 aliphatic carbocycles. The first-order chi connectivity index (χ1) is 16.4. The van der Waals surface area contributed by atoms with Gasteiger partial charge in [0.25, 0.3) is 11.8 Å². The van der Waals surface area contributed by atoms with Crippen molar-refractivity contribution in [3.63, 3.8) is 0 Å². The number of nitrogens with one attached hydrogen (secondary N) is 2. The molecule has 3 aromatic rings. The first kappa shape index (κ1) is 24.3. The molecular formula is C27H28N4O3. The minimum Gasteiger partial charge on any atom is -0.497 e. The van der Waals surface area contributed by atoms with Gasteiger partial charge in [0.05, 0.1) is 7.11 Å². The fraction of sp³-hybridized carbons (Fsp3) is 0.222. The van der Waals surface area contributed by atoms with Crippen LogP contribution in [0.5, 0.6) is 5.75 Å². The van der Waals surface area contributed by atoms with Crippen LogP contribution in [0.25, 0.3) is 6.08 Å². The Hall–Kier alpha value is -4.31. The summed E-state index contributed by atoms with van der Waals surface area (Å²) in [5.74, 6) is -0.0750. The molecule has 7 nitrogen and oxygen atoms in total. The molecule has 2 N–H and O–H groups in total. The molecule has 2 aromatic carbocycles. The van der Waals surface area contributed by atoms with E-state index in [0.29, 0.717) is 22.7 Å². The van der Waals surface area contributed by atoms with Crippen LogP contribution in [0.3, 0.4) is 0 Å². The van der Waals surface area contributed by atoms with Crippen molar-refractivity contribution in [1.82, 2.24) is 4.57 Å². The van der Waals surface area contributed by atoms with Gasteiger partial charge in [0.2, 0.25) is 0 Å². The number of carbonyl (C=O) groups is 2. The average Bonchev–Trinajstić information content (AvgIpc) is 3.11. The summed E-state index contributed by atoms with van der Waals surface area (Å²) in [5, 5.41) is 15.1. The summed E-state index contributed by atoms with van der Waals surface area (Å²) < 4.78 is 7.29. The highest BCUT2D eigenvalue weighted by molar-refractivity contribution is 6.10. The second kappa shape index (κ2) is 11.0. The maximum absolute atomic E-state index is 12.7. The van der Waals surface area contributed by atoms with Crippen LogP contribution in [0.15, 0.2) is 60.2 Å². The number of aromatic nitrogens is 1. The molecule has 1 heterocycles. The van der Waals surface area contributed by atoms with Gasteiger partial charge in [0.1, 0.15) is 17.4 Å². The summed E-state index contributed by atoms with van der Waals surface area (Å²) in [6, 6.07) is 17.5. The molecule has 2 amide bonds. The lowest BCUT2D eigenvalue weighted by molar-refractivity contribution is -0.112. The standard InChI is InChI=1S/C27H28N4O3/c1-5-14-31-18(2)15-21(19(31)3)16-22(17-28)27(33)30-23-8-6-20(7-9-23)26(32)29-24-10-12-25(34-4)13-11-24/h6-13,15-16H,5,14H2,1-4H3,(H,29,32)(H,30,33)/b22-16+. The number of anilines is 2. The van der Waals surface area contributed by atoms with Crippen LogP contribution in [0.1, 0.15) is 40.7 Å². The zero-order chi connectivity index (χ0) is 24.7. The summed E-state index contributed by atoms with van der Waals surface area (Å²) in [6.45, 7) is 6.99. The number of ether oxygens (including phenoxy) is 1. The third-order valence-corrected chi connectivity index (χ3v) is 5.48. The molecule has 0 radical (unpaired) electrons. The van der Waals surface area contributed by atoms with Crippen LogP contribution in [0.2, 0.25) is 0 Å². The summed E-state index contributed by atoms with van der Waals surface area (Å²) >= 11 is 0. The largest absolute Gasteiger partial charge is 0.497 e. The van der Waals surface area contributed by atoms with Crippen LogP contribution >= 0.6 is 0 Å². The van der Waals surface area contributed by atoms with E-state index < -0.39 is 5.91 Å². The normalized spacial score (nSPS) is 11.0. The monoisotopic (exact) mass is 456 g/mol. The zero-order valence-electron chi connectivity index (χ0n) is 19.8. The molecule has 0 saturated heterocycles. The van der Waals surface area contributed by atoms with Crippen LogP contribution in [-0.4, -0.2) is 23.5 Å². The summed E-state index contributed by atoms with van der Waals surface area (Å²) in [5.41, 5.74) is 4.54. The van der Waals surface area contributed by atoms with Crippen molar-refractivity contribution in [3.8, 4) is 11.8 Å². The fourth-order valence-electron chi connectivity index (χ4n) is 3.63. The van der Waals surface area contributed by atoms with Gasteiger partial charge in [0.15, 0.2) is 0 Å². The van der Waals surface area contributed by atoms with Gasteiger partial charge in [-0.1, -0.05) is 6.92 Å². The van der Waals surface area contributed by atoms with Crippen LogP contribution in [-0.2, 0) is 11.3 Å². The zero-order valence-corrected chi connectivity index (χ0v) is 19.8. The molecule has 0 spiro atoms. The Morgan fingerprint density at radius 2 is 1.65 bits per heavy atom. The van der Waals surface area contributed by atoms with Gasteiger partial charge >= 0.3 is 0 Å². The Balaban J connectivity index is 1.68. The third-order valence-electron chi connectivity index (χ3n) is 5.48. The minimum atomic E-state index is -0.502. The molecular weight excluding hydrogens is 428 g/mol. The van der Waals surface area contributed by atoms with Gasteiger partial charge in [-0.3, -0.25) is 9.59 Å². The molecule has 1 aromatic heterocycles. The van der Waals surface area contributed by atoms with Crippen molar-refractivity contribution < 1.29 is 14.3 Å². The Bertz CT molecular complexity index is 1250. The Labute approximate surface area is 199 Å². The van der Waals surface area contributed by atoms with Crippen molar-refractivity contribution in [2.45, 2.75) is 33.7 Å². The fourth-order valence-corrected chi connectivity index (χ4v) is 3.63. The number of carbonyl (C=O) groups excluding carboxylic acids is 2. The molecule has 0 atom stereocenters. The van der Waals surface area contributed by atoms with E-state index >= 15 is 0 Å². The van der Waals surface area contributed by atoms with E-state index in [9.17, 15) is 14.9 Å². The number of methoxy groups -OCH3 is 1. The van der Waals surface area contributed by atoms with Gasteiger partial charge in [-0.25, -0.2) is 0 Å². The number of nitrogens with zero attached hydrogens (tertiary/aromatic N) is 2. The summed E-state index contributed by atoms with van der Waals surface area (Å²) in [4.78, 5) is 25.2. The second-order valence-corrected chi connectivity index (χ2v) is 7.86. The van der Waals surface area contributed by atoms with Crippen LogP contribution in [0.4, 0.5) is 11.4 Å². The lowest BCUT2D eigenvalue weighted by Crippen LogP contribution is -2.14. The van der Waals surface area contributed by atoms with E-state index in [1.54, 1.807) is 61.7 Å². The van der Waals surface area contributed by atoms with E-state index in [1.165, 1.54) is 0 Å². The van der Waals surface area contributed by atoms with E-state index in [2.05, 4.69) is 22.1 Å². The van der Waals surface area contributed by atoms with Crippen molar-refractivity contribution in [1.29, 1.82) is 5.26 Å². The van der Waals surface area contributed by atoms with Crippen molar-refractivity contribution in [2.24, 2.45) is 0 Å². The third kappa shape index (κ3) is 5.73. The molecule has 0 bridgehead atoms. The smallest absolute Gasteiger partial charge is 0.266 e. The number of aryl methyl sites for hydroxylation is 1. The highest BCUT2D eigenvalue weighted by atomic mass is 16.5. The molecule has 174 valence electrons. The average molecular weight is 457 g/mol. The first-order valence-corrected chi connectivity index (χ1v) is 11.0. The highest BCUT2D eigenvalue weighted by Crippen LogP contribution is 2.20. The molecule has 0 saturated carbocycles.